The van der Waals surface area contributed by atoms with Gasteiger partial charge in [-0.3, -0.25) is 14.3 Å². The SMILES string of the molecule is CC(=O)Nc1cccc(C(C)NC(=O)c2ccccc2NS(=O)(=O)c2ccc(F)cc2)c1. The third-order valence-corrected chi connectivity index (χ3v) is 5.98. The van der Waals surface area contributed by atoms with Gasteiger partial charge in [-0.2, -0.15) is 0 Å². The van der Waals surface area contributed by atoms with Gasteiger partial charge in [-0.25, -0.2) is 12.8 Å². The summed E-state index contributed by atoms with van der Waals surface area (Å²) in [7, 11) is -4.02. The highest BCUT2D eigenvalue weighted by atomic mass is 32.2. The molecule has 0 bridgehead atoms. The predicted molar refractivity (Wildman–Crippen MR) is 120 cm³/mol. The highest BCUT2D eigenvalue weighted by molar-refractivity contribution is 7.92. The Hall–Kier alpha value is -3.72. The summed E-state index contributed by atoms with van der Waals surface area (Å²) in [5, 5.41) is 5.52. The van der Waals surface area contributed by atoms with Crippen LogP contribution in [-0.4, -0.2) is 20.2 Å². The molecular weight excluding hydrogens is 433 g/mol. The first-order chi connectivity index (χ1) is 15.2. The summed E-state index contributed by atoms with van der Waals surface area (Å²) in [4.78, 5) is 24.1. The molecule has 1 atom stereocenters. The standard InChI is InChI=1S/C23H22FN3O4S/c1-15(17-6-5-7-19(14-17)26-16(2)28)25-23(29)21-8-3-4-9-22(21)27-32(30,31)20-12-10-18(24)11-13-20/h3-15,27H,1-2H3,(H,25,29)(H,26,28). The number of carbonyl (C=O) groups excluding carboxylic acids is 2. The molecule has 0 aliphatic rings. The van der Waals surface area contributed by atoms with E-state index in [1.807, 2.05) is 0 Å². The molecule has 0 aromatic heterocycles. The molecule has 0 spiro atoms. The van der Waals surface area contributed by atoms with Crippen LogP contribution in [-0.2, 0) is 14.8 Å². The largest absolute Gasteiger partial charge is 0.345 e. The maximum absolute atomic E-state index is 13.1. The van der Waals surface area contributed by atoms with Crippen molar-refractivity contribution in [2.24, 2.45) is 0 Å². The van der Waals surface area contributed by atoms with E-state index in [1.165, 1.54) is 19.1 Å². The van der Waals surface area contributed by atoms with E-state index in [9.17, 15) is 22.4 Å². The van der Waals surface area contributed by atoms with E-state index in [1.54, 1.807) is 43.3 Å². The summed E-state index contributed by atoms with van der Waals surface area (Å²) in [5.74, 6) is -1.25. The number of halogens is 1. The minimum atomic E-state index is -4.02. The molecule has 0 saturated heterocycles. The third kappa shape index (κ3) is 5.70. The average Bonchev–Trinajstić information content (AvgIpc) is 2.74. The van der Waals surface area contributed by atoms with E-state index in [0.717, 1.165) is 29.8 Å². The summed E-state index contributed by atoms with van der Waals surface area (Å²) in [6, 6.07) is 17.2. The van der Waals surface area contributed by atoms with Crippen molar-refractivity contribution in [1.29, 1.82) is 0 Å². The van der Waals surface area contributed by atoms with Crippen molar-refractivity contribution in [3.63, 3.8) is 0 Å². The Labute approximate surface area is 185 Å². The van der Waals surface area contributed by atoms with Crippen molar-refractivity contribution in [3.05, 3.63) is 89.7 Å². The lowest BCUT2D eigenvalue weighted by atomic mass is 10.1. The second-order valence-electron chi connectivity index (χ2n) is 7.11. The van der Waals surface area contributed by atoms with Crippen LogP contribution >= 0.6 is 0 Å². The number of anilines is 2. The average molecular weight is 456 g/mol. The monoisotopic (exact) mass is 455 g/mol. The zero-order valence-electron chi connectivity index (χ0n) is 17.4. The van der Waals surface area contributed by atoms with Crippen LogP contribution in [0.5, 0.6) is 0 Å². The highest BCUT2D eigenvalue weighted by Gasteiger charge is 2.20. The van der Waals surface area contributed by atoms with Gasteiger partial charge < -0.3 is 10.6 Å². The molecule has 0 heterocycles. The van der Waals surface area contributed by atoms with Crippen molar-refractivity contribution < 1.29 is 22.4 Å². The molecule has 7 nitrogen and oxygen atoms in total. The maximum Gasteiger partial charge on any atom is 0.261 e. The summed E-state index contributed by atoms with van der Waals surface area (Å²) in [5.41, 5.74) is 1.58. The van der Waals surface area contributed by atoms with Crippen LogP contribution in [0.4, 0.5) is 15.8 Å². The van der Waals surface area contributed by atoms with Crippen LogP contribution < -0.4 is 15.4 Å². The third-order valence-electron chi connectivity index (χ3n) is 4.59. The summed E-state index contributed by atoms with van der Waals surface area (Å²) in [6.45, 7) is 3.18. The van der Waals surface area contributed by atoms with Gasteiger partial charge in [-0.15, -0.1) is 0 Å². The minimum absolute atomic E-state index is 0.0912. The van der Waals surface area contributed by atoms with Gasteiger partial charge in [-0.05, 0) is 61.0 Å². The number of hydrogen-bond donors (Lipinski definition) is 3. The van der Waals surface area contributed by atoms with Crippen LogP contribution in [0, 0.1) is 5.82 Å². The molecule has 0 saturated carbocycles. The lowest BCUT2D eigenvalue weighted by molar-refractivity contribution is -0.114. The molecule has 0 fully saturated rings. The molecule has 166 valence electrons. The number of para-hydroxylation sites is 1. The van der Waals surface area contributed by atoms with E-state index in [2.05, 4.69) is 15.4 Å². The Bertz CT molecular complexity index is 1240. The Kier molecular flexibility index (Phi) is 6.89. The van der Waals surface area contributed by atoms with Crippen molar-refractivity contribution in [3.8, 4) is 0 Å². The fourth-order valence-electron chi connectivity index (χ4n) is 3.03. The first-order valence-electron chi connectivity index (χ1n) is 9.71. The molecule has 3 aromatic carbocycles. The normalized spacial score (nSPS) is 12.0. The first-order valence-corrected chi connectivity index (χ1v) is 11.2. The van der Waals surface area contributed by atoms with Crippen molar-refractivity contribution in [1.82, 2.24) is 5.32 Å². The van der Waals surface area contributed by atoms with Gasteiger partial charge >= 0.3 is 0 Å². The number of carbonyl (C=O) groups is 2. The molecule has 0 aliphatic heterocycles. The fourth-order valence-corrected chi connectivity index (χ4v) is 4.11. The number of amides is 2. The highest BCUT2D eigenvalue weighted by Crippen LogP contribution is 2.22. The van der Waals surface area contributed by atoms with Gasteiger partial charge in [0.15, 0.2) is 0 Å². The van der Waals surface area contributed by atoms with E-state index in [0.29, 0.717) is 5.69 Å². The van der Waals surface area contributed by atoms with E-state index >= 15 is 0 Å². The molecule has 32 heavy (non-hydrogen) atoms. The molecule has 3 aromatic rings. The predicted octanol–water partition coefficient (Wildman–Crippen LogP) is 4.08. The smallest absolute Gasteiger partial charge is 0.261 e. The Morgan fingerprint density at radius 1 is 0.938 bits per heavy atom. The lowest BCUT2D eigenvalue weighted by Crippen LogP contribution is -2.28. The van der Waals surface area contributed by atoms with E-state index < -0.39 is 27.8 Å². The van der Waals surface area contributed by atoms with Gasteiger partial charge in [0.25, 0.3) is 15.9 Å². The summed E-state index contributed by atoms with van der Waals surface area (Å²) in [6.07, 6.45) is 0. The van der Waals surface area contributed by atoms with Gasteiger partial charge in [0.2, 0.25) is 5.91 Å². The molecule has 3 rings (SSSR count). The molecule has 9 heteroatoms. The van der Waals surface area contributed by atoms with Crippen LogP contribution in [0.15, 0.2) is 77.7 Å². The van der Waals surface area contributed by atoms with Crippen molar-refractivity contribution >= 4 is 33.2 Å². The van der Waals surface area contributed by atoms with Gasteiger partial charge in [-0.1, -0.05) is 24.3 Å². The number of sulfonamides is 1. The molecule has 2 amide bonds. The molecular formula is C23H22FN3O4S. The zero-order chi connectivity index (χ0) is 23.3. The van der Waals surface area contributed by atoms with Gasteiger partial charge in [0.1, 0.15) is 5.82 Å². The molecule has 0 radical (unpaired) electrons. The first kappa shape index (κ1) is 23.0. The topological polar surface area (TPSA) is 104 Å². The van der Waals surface area contributed by atoms with Crippen LogP contribution in [0.2, 0.25) is 0 Å². The summed E-state index contributed by atoms with van der Waals surface area (Å²) < 4.78 is 40.8. The zero-order valence-corrected chi connectivity index (χ0v) is 18.2. The quantitative estimate of drug-likeness (QED) is 0.499. The van der Waals surface area contributed by atoms with Crippen LogP contribution in [0.3, 0.4) is 0 Å². The number of benzene rings is 3. The van der Waals surface area contributed by atoms with Gasteiger partial charge in [0, 0.05) is 12.6 Å². The van der Waals surface area contributed by atoms with Crippen molar-refractivity contribution in [2.75, 3.05) is 10.0 Å². The van der Waals surface area contributed by atoms with E-state index in [-0.39, 0.29) is 22.1 Å². The number of hydrogen-bond acceptors (Lipinski definition) is 4. The second kappa shape index (κ2) is 9.61. The van der Waals surface area contributed by atoms with Crippen molar-refractivity contribution in [2.45, 2.75) is 24.8 Å². The minimum Gasteiger partial charge on any atom is -0.345 e. The molecule has 0 aliphatic carbocycles. The Balaban J connectivity index is 1.80. The maximum atomic E-state index is 13.1. The summed E-state index contributed by atoms with van der Waals surface area (Å²) >= 11 is 0. The second-order valence-corrected chi connectivity index (χ2v) is 8.79. The van der Waals surface area contributed by atoms with Gasteiger partial charge in [0.05, 0.1) is 22.2 Å². The molecule has 3 N–H and O–H groups in total. The fraction of sp³-hybridized carbons (Fsp3) is 0.130. The van der Waals surface area contributed by atoms with Crippen LogP contribution in [0.25, 0.3) is 0 Å². The number of nitrogens with one attached hydrogen (secondary N) is 3. The Morgan fingerprint density at radius 2 is 1.62 bits per heavy atom. The lowest BCUT2D eigenvalue weighted by Gasteiger charge is -2.17. The molecule has 1 unspecified atom stereocenters. The van der Waals surface area contributed by atoms with Crippen LogP contribution in [0.1, 0.15) is 35.8 Å². The number of rotatable bonds is 7. The van der Waals surface area contributed by atoms with E-state index in [4.69, 9.17) is 0 Å². The Morgan fingerprint density at radius 3 is 2.31 bits per heavy atom.